The summed E-state index contributed by atoms with van der Waals surface area (Å²) in [6.45, 7) is 0. The molecule has 0 saturated heterocycles. The molecule has 35 heavy (non-hydrogen) atoms. The number of hydrogen-bond acceptors (Lipinski definition) is 6. The first kappa shape index (κ1) is 22.5. The molecule has 2 heterocycles. The summed E-state index contributed by atoms with van der Waals surface area (Å²) in [6, 6.07) is 20.1. The predicted molar refractivity (Wildman–Crippen MR) is 130 cm³/mol. The zero-order chi connectivity index (χ0) is 24.5. The van der Waals surface area contributed by atoms with E-state index in [2.05, 4.69) is 10.1 Å². The molecule has 0 bridgehead atoms. The number of aromatic nitrogens is 3. The molecule has 5 rings (SSSR count). The summed E-state index contributed by atoms with van der Waals surface area (Å²) in [5, 5.41) is 16.6. The van der Waals surface area contributed by atoms with Crippen molar-refractivity contribution in [3.05, 3.63) is 111 Å². The summed E-state index contributed by atoms with van der Waals surface area (Å²) in [4.78, 5) is 30.8. The van der Waals surface area contributed by atoms with Crippen LogP contribution in [-0.2, 0) is 0 Å². The van der Waals surface area contributed by atoms with E-state index < -0.39 is 16.9 Å². The molecule has 1 aromatic heterocycles. The second-order valence-electron chi connectivity index (χ2n) is 8.05. The number of ether oxygens (including phenoxy) is 1. The van der Waals surface area contributed by atoms with Crippen LogP contribution in [0.5, 0.6) is 5.75 Å². The molecule has 3 aromatic carbocycles. The lowest BCUT2D eigenvalue weighted by molar-refractivity contribution is -0.385. The van der Waals surface area contributed by atoms with Gasteiger partial charge in [0.1, 0.15) is 17.6 Å². The Balaban J connectivity index is 1.65. The number of methoxy groups -OCH3 is 1. The lowest BCUT2D eigenvalue weighted by atomic mass is 9.91. The molecule has 0 spiro atoms. The van der Waals surface area contributed by atoms with Gasteiger partial charge in [-0.15, -0.1) is 0 Å². The molecule has 1 aliphatic rings. The number of fused-ring (bicyclic) bond motifs is 1. The number of anilines is 1. The van der Waals surface area contributed by atoms with Gasteiger partial charge in [0, 0.05) is 11.1 Å². The van der Waals surface area contributed by atoms with Crippen molar-refractivity contribution in [1.82, 2.24) is 14.8 Å². The van der Waals surface area contributed by atoms with Crippen LogP contribution in [-0.4, -0.2) is 32.7 Å². The summed E-state index contributed by atoms with van der Waals surface area (Å²) >= 11 is 6.12. The number of benzene rings is 3. The van der Waals surface area contributed by atoms with Crippen molar-refractivity contribution in [2.75, 3.05) is 12.0 Å². The average Bonchev–Trinajstić information content (AvgIpc) is 3.38. The van der Waals surface area contributed by atoms with Gasteiger partial charge in [0.25, 0.3) is 11.6 Å². The summed E-state index contributed by atoms with van der Waals surface area (Å²) in [6.07, 6.45) is 1.85. The average molecular weight is 490 g/mol. The monoisotopic (exact) mass is 489 g/mol. The zero-order valence-corrected chi connectivity index (χ0v) is 19.4. The van der Waals surface area contributed by atoms with Crippen molar-refractivity contribution >= 4 is 29.1 Å². The number of amides is 1. The number of nitro benzene ring substituents is 1. The molecule has 0 N–H and O–H groups in total. The van der Waals surface area contributed by atoms with Crippen LogP contribution < -0.4 is 9.64 Å². The molecule has 176 valence electrons. The minimum Gasteiger partial charge on any atom is -0.497 e. The van der Waals surface area contributed by atoms with Gasteiger partial charge in [-0.2, -0.15) is 10.1 Å². The molecule has 2 atom stereocenters. The number of hydrogen-bond donors (Lipinski definition) is 0. The minimum absolute atomic E-state index is 0.0195. The fourth-order valence-electron chi connectivity index (χ4n) is 4.44. The van der Waals surface area contributed by atoms with Crippen LogP contribution in [0.2, 0.25) is 5.02 Å². The third-order valence-electron chi connectivity index (χ3n) is 6.13. The van der Waals surface area contributed by atoms with Crippen molar-refractivity contribution in [3.63, 3.8) is 0 Å². The topological polar surface area (TPSA) is 103 Å². The fraction of sp³-hybridized carbons (Fsp3) is 0.160. The Hall–Kier alpha value is -4.24. The van der Waals surface area contributed by atoms with Gasteiger partial charge in [-0.3, -0.25) is 19.8 Å². The summed E-state index contributed by atoms with van der Waals surface area (Å²) in [5.74, 6) is 0.505. The van der Waals surface area contributed by atoms with E-state index in [-0.39, 0.29) is 17.3 Å². The number of para-hydroxylation sites is 1. The first-order valence-electron chi connectivity index (χ1n) is 10.8. The van der Waals surface area contributed by atoms with E-state index in [1.165, 1.54) is 29.4 Å². The van der Waals surface area contributed by atoms with E-state index in [0.717, 1.165) is 16.9 Å². The minimum atomic E-state index is -0.556. The van der Waals surface area contributed by atoms with E-state index in [4.69, 9.17) is 16.3 Å². The quantitative estimate of drug-likeness (QED) is 0.281. The van der Waals surface area contributed by atoms with Crippen molar-refractivity contribution in [2.45, 2.75) is 18.5 Å². The molecular weight excluding hydrogens is 470 g/mol. The van der Waals surface area contributed by atoms with Crippen LogP contribution in [0.4, 0.5) is 11.6 Å². The number of halogens is 1. The third-order valence-corrected chi connectivity index (χ3v) is 6.38. The van der Waals surface area contributed by atoms with Crippen LogP contribution in [0, 0.1) is 10.1 Å². The van der Waals surface area contributed by atoms with Crippen LogP contribution in [0.3, 0.4) is 0 Å². The van der Waals surface area contributed by atoms with Crippen LogP contribution >= 0.6 is 11.6 Å². The van der Waals surface area contributed by atoms with Crippen LogP contribution in [0.15, 0.2) is 79.1 Å². The molecular formula is C25H20ClN5O4. The Labute approximate surface area is 205 Å². The number of carbonyl (C=O) groups is 1. The third kappa shape index (κ3) is 4.10. The van der Waals surface area contributed by atoms with Gasteiger partial charge in [0.15, 0.2) is 0 Å². The van der Waals surface area contributed by atoms with Crippen molar-refractivity contribution in [3.8, 4) is 5.75 Å². The number of rotatable bonds is 5. The number of nitro groups is 1. The molecule has 0 aliphatic carbocycles. The molecule has 9 nitrogen and oxygen atoms in total. The van der Waals surface area contributed by atoms with Gasteiger partial charge in [0.05, 0.1) is 24.1 Å². The molecule has 0 unspecified atom stereocenters. The SMILES string of the molecule is COc1ccc([C@@H]2C[C@H](c3ccc(Cl)cc3)N(C(=O)c3ccccc3[N+](=O)[O-])c3ncnn32)cc1. The first-order chi connectivity index (χ1) is 17.0. The maximum Gasteiger partial charge on any atom is 0.282 e. The molecule has 0 saturated carbocycles. The van der Waals surface area contributed by atoms with E-state index in [0.29, 0.717) is 17.4 Å². The van der Waals surface area contributed by atoms with Crippen LogP contribution in [0.1, 0.15) is 40.0 Å². The lowest BCUT2D eigenvalue weighted by Crippen LogP contribution is -2.42. The number of nitrogens with zero attached hydrogens (tertiary/aromatic N) is 5. The highest BCUT2D eigenvalue weighted by atomic mass is 35.5. The Morgan fingerprint density at radius 2 is 1.69 bits per heavy atom. The first-order valence-corrected chi connectivity index (χ1v) is 11.2. The van der Waals surface area contributed by atoms with E-state index in [1.54, 1.807) is 30.0 Å². The molecule has 0 radical (unpaired) electrons. The van der Waals surface area contributed by atoms with Crippen LogP contribution in [0.25, 0.3) is 0 Å². The van der Waals surface area contributed by atoms with Gasteiger partial charge < -0.3 is 4.74 Å². The Morgan fingerprint density at radius 3 is 2.37 bits per heavy atom. The highest BCUT2D eigenvalue weighted by Gasteiger charge is 2.41. The standard InChI is InChI=1S/C25H20ClN5O4/c1-35-19-12-8-17(9-13-19)23-14-22(16-6-10-18(26)11-7-16)29(25-27-15-28-30(23)25)24(32)20-4-2-3-5-21(20)31(33)34/h2-13,15,22-23H,14H2,1H3/t22-,23+/m1/s1. The molecule has 1 aliphatic heterocycles. The van der Waals surface area contributed by atoms with Crippen molar-refractivity contribution in [1.29, 1.82) is 0 Å². The molecule has 0 fully saturated rings. The normalized spacial score (nSPS) is 17.0. The van der Waals surface area contributed by atoms with Crippen molar-refractivity contribution in [2.24, 2.45) is 0 Å². The van der Waals surface area contributed by atoms with Gasteiger partial charge in [-0.1, -0.05) is 48.0 Å². The van der Waals surface area contributed by atoms with E-state index >= 15 is 0 Å². The predicted octanol–water partition coefficient (Wildman–Crippen LogP) is 5.23. The zero-order valence-electron chi connectivity index (χ0n) is 18.6. The Morgan fingerprint density at radius 1 is 1.03 bits per heavy atom. The Kier molecular flexibility index (Phi) is 5.92. The molecule has 1 amide bonds. The fourth-order valence-corrected chi connectivity index (χ4v) is 4.57. The van der Waals surface area contributed by atoms with Gasteiger partial charge in [-0.25, -0.2) is 4.68 Å². The maximum atomic E-state index is 13.9. The summed E-state index contributed by atoms with van der Waals surface area (Å²) < 4.78 is 6.97. The Bertz CT molecular complexity index is 1390. The summed E-state index contributed by atoms with van der Waals surface area (Å²) in [5.41, 5.74) is 1.51. The number of carbonyl (C=O) groups excluding carboxylic acids is 1. The van der Waals surface area contributed by atoms with Gasteiger partial charge >= 0.3 is 0 Å². The highest BCUT2D eigenvalue weighted by molar-refractivity contribution is 6.30. The second-order valence-corrected chi connectivity index (χ2v) is 8.48. The van der Waals surface area contributed by atoms with E-state index in [9.17, 15) is 14.9 Å². The van der Waals surface area contributed by atoms with Gasteiger partial charge in [-0.05, 0) is 47.9 Å². The highest BCUT2D eigenvalue weighted by Crippen LogP contribution is 2.43. The lowest BCUT2D eigenvalue weighted by Gasteiger charge is -2.39. The van der Waals surface area contributed by atoms with Crippen molar-refractivity contribution < 1.29 is 14.5 Å². The van der Waals surface area contributed by atoms with Gasteiger partial charge in [0.2, 0.25) is 5.95 Å². The largest absolute Gasteiger partial charge is 0.497 e. The maximum absolute atomic E-state index is 13.9. The smallest absolute Gasteiger partial charge is 0.282 e. The summed E-state index contributed by atoms with van der Waals surface area (Å²) in [7, 11) is 1.61. The molecule has 4 aromatic rings. The second kappa shape index (κ2) is 9.19. The molecule has 10 heteroatoms. The van der Waals surface area contributed by atoms with E-state index in [1.807, 2.05) is 36.4 Å².